The normalized spacial score (nSPS) is 14.3. The monoisotopic (exact) mass is 245 g/mol. The Morgan fingerprint density at radius 2 is 1.81 bits per heavy atom. The van der Waals surface area contributed by atoms with E-state index in [1.807, 2.05) is 0 Å². The minimum absolute atomic E-state index is 0.227. The maximum Gasteiger partial charge on any atom is 0.457 e. The summed E-state index contributed by atoms with van der Waals surface area (Å²) < 4.78 is 66.5. The summed E-state index contributed by atoms with van der Waals surface area (Å²) in [5.74, 6) is -4.78. The summed E-state index contributed by atoms with van der Waals surface area (Å²) in [5, 5.41) is 0. The molecule has 0 saturated carbocycles. The van der Waals surface area contributed by atoms with Gasteiger partial charge in [-0.1, -0.05) is 19.9 Å². The molecule has 95 valence electrons. The molecule has 0 aromatic carbocycles. The van der Waals surface area contributed by atoms with E-state index in [1.54, 1.807) is 0 Å². The van der Waals surface area contributed by atoms with E-state index in [-0.39, 0.29) is 19.6 Å². The number of allylic oxidation sites excluding steroid dienone is 1. The van der Waals surface area contributed by atoms with Crippen LogP contribution in [0.15, 0.2) is 11.6 Å². The van der Waals surface area contributed by atoms with Crippen molar-refractivity contribution < 1.29 is 26.7 Å². The van der Waals surface area contributed by atoms with E-state index >= 15 is 0 Å². The third-order valence-electron chi connectivity index (χ3n) is 1.88. The highest BCUT2D eigenvalue weighted by atomic mass is 19.4. The van der Waals surface area contributed by atoms with E-state index in [1.165, 1.54) is 6.92 Å². The molecule has 0 N–H and O–H groups in total. The molecule has 0 aliphatic rings. The number of ether oxygens (including phenoxy) is 1. The lowest BCUT2D eigenvalue weighted by molar-refractivity contribution is -0.265. The second kappa shape index (κ2) is 6.18. The SMILES string of the molecule is [CH2]CCOCC=C(CC)C(F)(F)C(F)(F)F. The van der Waals surface area contributed by atoms with Crippen LogP contribution in [0.4, 0.5) is 22.0 Å². The molecule has 0 aliphatic carbocycles. The van der Waals surface area contributed by atoms with Crippen molar-refractivity contribution >= 4 is 0 Å². The number of rotatable bonds is 6. The van der Waals surface area contributed by atoms with Gasteiger partial charge in [-0.2, -0.15) is 22.0 Å². The van der Waals surface area contributed by atoms with Crippen LogP contribution < -0.4 is 0 Å². The van der Waals surface area contributed by atoms with Gasteiger partial charge in [0.1, 0.15) is 0 Å². The zero-order valence-corrected chi connectivity index (χ0v) is 8.91. The summed E-state index contributed by atoms with van der Waals surface area (Å²) in [7, 11) is 0. The topological polar surface area (TPSA) is 9.23 Å². The number of hydrogen-bond acceptors (Lipinski definition) is 1. The zero-order valence-electron chi connectivity index (χ0n) is 8.91. The van der Waals surface area contributed by atoms with Crippen molar-refractivity contribution in [1.82, 2.24) is 0 Å². The van der Waals surface area contributed by atoms with E-state index in [9.17, 15) is 22.0 Å². The van der Waals surface area contributed by atoms with E-state index in [0.717, 1.165) is 6.08 Å². The fourth-order valence-corrected chi connectivity index (χ4v) is 1.02. The van der Waals surface area contributed by atoms with Crippen LogP contribution in [0.1, 0.15) is 19.8 Å². The first kappa shape index (κ1) is 15.3. The Hall–Kier alpha value is -0.650. The van der Waals surface area contributed by atoms with E-state index < -0.39 is 17.7 Å². The zero-order chi connectivity index (χ0) is 12.8. The number of halogens is 5. The van der Waals surface area contributed by atoms with Gasteiger partial charge in [-0.15, -0.1) is 0 Å². The summed E-state index contributed by atoms with van der Waals surface area (Å²) in [5.41, 5.74) is -0.968. The third kappa shape index (κ3) is 4.08. The van der Waals surface area contributed by atoms with Crippen molar-refractivity contribution in [1.29, 1.82) is 0 Å². The van der Waals surface area contributed by atoms with Crippen LogP contribution in [0.3, 0.4) is 0 Å². The maximum absolute atomic E-state index is 12.8. The molecular formula is C10H14F5O. The Morgan fingerprint density at radius 3 is 2.19 bits per heavy atom. The van der Waals surface area contributed by atoms with Crippen LogP contribution in [0.2, 0.25) is 0 Å². The van der Waals surface area contributed by atoms with Crippen LogP contribution in [0.25, 0.3) is 0 Å². The van der Waals surface area contributed by atoms with E-state index in [2.05, 4.69) is 6.92 Å². The van der Waals surface area contributed by atoms with Gasteiger partial charge in [-0.25, -0.2) is 0 Å². The molecule has 0 heterocycles. The van der Waals surface area contributed by atoms with Crippen molar-refractivity contribution in [3.05, 3.63) is 18.6 Å². The molecule has 0 spiro atoms. The molecule has 0 atom stereocenters. The minimum Gasteiger partial charge on any atom is -0.377 e. The molecule has 0 aromatic heterocycles. The smallest absolute Gasteiger partial charge is 0.377 e. The van der Waals surface area contributed by atoms with Gasteiger partial charge in [0.2, 0.25) is 0 Å². The molecule has 1 radical (unpaired) electrons. The highest BCUT2D eigenvalue weighted by Crippen LogP contribution is 2.42. The van der Waals surface area contributed by atoms with Crippen LogP contribution in [0.5, 0.6) is 0 Å². The van der Waals surface area contributed by atoms with Crippen molar-refractivity contribution in [3.63, 3.8) is 0 Å². The summed E-state index contributed by atoms with van der Waals surface area (Å²) in [4.78, 5) is 0. The van der Waals surface area contributed by atoms with Crippen molar-refractivity contribution in [2.24, 2.45) is 0 Å². The fraction of sp³-hybridized carbons (Fsp3) is 0.700. The lowest BCUT2D eigenvalue weighted by atomic mass is 10.1. The first-order valence-electron chi connectivity index (χ1n) is 4.78. The summed E-state index contributed by atoms with van der Waals surface area (Å²) in [6, 6.07) is 0. The average Bonchev–Trinajstić information content (AvgIpc) is 2.16. The van der Waals surface area contributed by atoms with Crippen LogP contribution >= 0.6 is 0 Å². The summed E-state index contributed by atoms with van der Waals surface area (Å²) in [6.07, 6.45) is -4.71. The van der Waals surface area contributed by atoms with Gasteiger partial charge in [0.05, 0.1) is 6.61 Å². The van der Waals surface area contributed by atoms with Gasteiger partial charge >= 0.3 is 12.1 Å². The van der Waals surface area contributed by atoms with Crippen LogP contribution in [0, 0.1) is 6.92 Å². The Kier molecular flexibility index (Phi) is 5.92. The van der Waals surface area contributed by atoms with Crippen LogP contribution in [-0.4, -0.2) is 25.3 Å². The number of hydrogen-bond donors (Lipinski definition) is 0. The summed E-state index contributed by atoms with van der Waals surface area (Å²) in [6.45, 7) is 4.65. The highest BCUT2D eigenvalue weighted by molar-refractivity contribution is 5.15. The molecule has 0 amide bonds. The highest BCUT2D eigenvalue weighted by Gasteiger charge is 2.59. The van der Waals surface area contributed by atoms with Gasteiger partial charge in [0.15, 0.2) is 0 Å². The Labute approximate surface area is 91.3 Å². The van der Waals surface area contributed by atoms with E-state index in [0.29, 0.717) is 6.42 Å². The molecule has 1 nitrogen and oxygen atoms in total. The molecule has 0 aromatic rings. The van der Waals surface area contributed by atoms with E-state index in [4.69, 9.17) is 4.74 Å². The molecule has 0 saturated heterocycles. The standard InChI is InChI=1S/C10H14F5O/c1-3-6-16-7-5-8(4-2)9(11,12)10(13,14)15/h5H,1,3-4,6-7H2,2H3. The van der Waals surface area contributed by atoms with Gasteiger partial charge in [-0.05, 0) is 12.8 Å². The predicted octanol–water partition coefficient (Wildman–Crippen LogP) is 3.76. The largest absolute Gasteiger partial charge is 0.457 e. The Bertz CT molecular complexity index is 232. The average molecular weight is 245 g/mol. The second-order valence-electron chi connectivity index (χ2n) is 3.08. The molecule has 0 aliphatic heterocycles. The number of alkyl halides is 5. The molecule has 6 heteroatoms. The van der Waals surface area contributed by atoms with Crippen LogP contribution in [-0.2, 0) is 4.74 Å². The first-order valence-corrected chi connectivity index (χ1v) is 4.78. The molecule has 0 rings (SSSR count). The molecule has 0 bridgehead atoms. The van der Waals surface area contributed by atoms with Gasteiger partial charge in [0, 0.05) is 12.2 Å². The van der Waals surface area contributed by atoms with Gasteiger partial charge < -0.3 is 4.74 Å². The molecule has 16 heavy (non-hydrogen) atoms. The lowest BCUT2D eigenvalue weighted by Crippen LogP contribution is -2.38. The Balaban J connectivity index is 4.59. The Morgan fingerprint density at radius 1 is 1.25 bits per heavy atom. The predicted molar refractivity (Wildman–Crippen MR) is 50.2 cm³/mol. The minimum atomic E-state index is -5.55. The molecule has 0 fully saturated rings. The van der Waals surface area contributed by atoms with Gasteiger partial charge in [-0.3, -0.25) is 0 Å². The molecular weight excluding hydrogens is 231 g/mol. The third-order valence-corrected chi connectivity index (χ3v) is 1.88. The first-order chi connectivity index (χ1) is 7.27. The molecule has 0 unspecified atom stereocenters. The quantitative estimate of drug-likeness (QED) is 0.393. The summed E-state index contributed by atoms with van der Waals surface area (Å²) >= 11 is 0. The van der Waals surface area contributed by atoms with Crippen molar-refractivity contribution in [2.45, 2.75) is 31.9 Å². The lowest BCUT2D eigenvalue weighted by Gasteiger charge is -2.21. The second-order valence-corrected chi connectivity index (χ2v) is 3.08. The van der Waals surface area contributed by atoms with Gasteiger partial charge in [0.25, 0.3) is 0 Å². The maximum atomic E-state index is 12.8. The fourth-order valence-electron chi connectivity index (χ4n) is 1.02. The van der Waals surface area contributed by atoms with Crippen molar-refractivity contribution in [3.8, 4) is 0 Å². The van der Waals surface area contributed by atoms with Crippen molar-refractivity contribution in [2.75, 3.05) is 13.2 Å².